The number of nitrogens with zero attached hydrogens (tertiary/aromatic N) is 6. The van der Waals surface area contributed by atoms with Crippen molar-refractivity contribution in [3.63, 3.8) is 0 Å². The highest BCUT2D eigenvalue weighted by Gasteiger charge is 2.45. The van der Waals surface area contributed by atoms with Gasteiger partial charge in [-0.1, -0.05) is 93.2 Å². The number of fused-ring (bicyclic) bond motifs is 2. The molecule has 11 rings (SSSR count). The molecule has 0 bridgehead atoms. The molecule has 1 unspecified atom stereocenters. The molecule has 20 nitrogen and oxygen atoms in total. The number of H-pyrrole nitrogens is 1. The van der Waals surface area contributed by atoms with Crippen molar-refractivity contribution in [2.75, 3.05) is 69.1 Å². The molecule has 6 heterocycles. The van der Waals surface area contributed by atoms with Crippen LogP contribution in [0.2, 0.25) is 5.02 Å². The largest absolute Gasteiger partial charge is 0.455 e. The fourth-order valence-electron chi connectivity index (χ4n) is 13.1. The van der Waals surface area contributed by atoms with Crippen molar-refractivity contribution in [2.45, 2.75) is 121 Å². The molecule has 4 aliphatic heterocycles. The number of aromatic amines is 1. The number of amides is 5. The average Bonchev–Trinajstić information content (AvgIpc) is 1.65. The minimum absolute atomic E-state index is 0.0505. The Kier molecular flexibility index (Phi) is 20.0. The lowest BCUT2D eigenvalue weighted by atomic mass is 9.72. The van der Waals surface area contributed by atoms with Gasteiger partial charge in [0.2, 0.25) is 11.8 Å². The quantitative estimate of drug-likeness (QED) is 0.0153. The summed E-state index contributed by atoms with van der Waals surface area (Å²) < 4.78 is 36.5. The van der Waals surface area contributed by atoms with Crippen LogP contribution in [0.1, 0.15) is 152 Å². The second-order valence-electron chi connectivity index (χ2n) is 25.3. The molecule has 3 fully saturated rings. The molecule has 0 radical (unpaired) electrons. The van der Waals surface area contributed by atoms with E-state index in [9.17, 15) is 42.5 Å². The smallest absolute Gasteiger partial charge is 0.293 e. The number of likely N-dealkylation sites (tertiary alicyclic amines) is 1. The van der Waals surface area contributed by atoms with E-state index in [0.717, 1.165) is 143 Å². The Morgan fingerprint density at radius 3 is 2.36 bits per heavy atom. The second-order valence-corrected chi connectivity index (χ2v) is 27.4. The van der Waals surface area contributed by atoms with Crippen molar-refractivity contribution in [1.82, 2.24) is 34.7 Å². The third-order valence-corrected chi connectivity index (χ3v) is 19.9. The average molecular weight is 1270 g/mol. The zero-order valence-electron chi connectivity index (χ0n) is 51.5. The topological polar surface area (TPSA) is 250 Å². The van der Waals surface area contributed by atoms with Crippen LogP contribution in [0.25, 0.3) is 16.6 Å². The molecule has 1 atom stereocenters. The van der Waals surface area contributed by atoms with E-state index >= 15 is 0 Å². The first-order chi connectivity index (χ1) is 43.9. The monoisotopic (exact) mass is 1270 g/mol. The molecule has 1 aliphatic carbocycles. The predicted octanol–water partition coefficient (Wildman–Crippen LogP) is 11.5. The number of allylic oxidation sites excluding steroid dienone is 1. The van der Waals surface area contributed by atoms with E-state index in [1.807, 2.05) is 18.2 Å². The number of hydrogen-bond donors (Lipinski definition) is 4. The lowest BCUT2D eigenvalue weighted by Crippen LogP contribution is -2.54. The zero-order chi connectivity index (χ0) is 63.8. The fourth-order valence-corrected chi connectivity index (χ4v) is 14.2. The normalized spacial score (nSPS) is 18.3. The number of rotatable bonds is 23. The zero-order valence-corrected chi connectivity index (χ0v) is 53.1. The number of pyridine rings is 1. The molecule has 0 spiro atoms. The summed E-state index contributed by atoms with van der Waals surface area (Å²) in [7, 11) is -4.62. The number of unbranched alkanes of at least 4 members (excludes halogenated alkanes) is 7. The third-order valence-electron chi connectivity index (χ3n) is 18.3. The number of imide groups is 2. The number of anilines is 2. The second kappa shape index (κ2) is 28.4. The van der Waals surface area contributed by atoms with Crippen LogP contribution in [0.5, 0.6) is 11.5 Å². The summed E-state index contributed by atoms with van der Waals surface area (Å²) >= 11 is 6.28. The summed E-state index contributed by atoms with van der Waals surface area (Å²) in [6.07, 6.45) is 16.6. The number of ether oxygens (including phenoxy) is 1. The minimum atomic E-state index is -4.62. The molecule has 5 aliphatic rings. The van der Waals surface area contributed by atoms with Gasteiger partial charge in [0.25, 0.3) is 33.4 Å². The number of carbonyl (C=O) groups is 5. The highest BCUT2D eigenvalue weighted by molar-refractivity contribution is 7.90. The van der Waals surface area contributed by atoms with Crippen molar-refractivity contribution < 1.29 is 42.1 Å². The van der Waals surface area contributed by atoms with E-state index in [0.29, 0.717) is 43.0 Å². The predicted molar refractivity (Wildman–Crippen MR) is 350 cm³/mol. The number of sulfonamides is 1. The standard InChI is InChI=1S/C69H77ClN10O10S/c1-69(2)30-26-50(57(42-69)47-16-18-51(70)19-17-47)45-77-35-37-78(38-36-77)52-20-22-55(61(40-52)90-53-39-49-27-31-71-64(49)73-44-53)65(82)75-91(88,89)54-21-23-58(60(41-54)80(86)87)72-43-46-28-33-76(34-29-46)32-11-9-7-5-3-4-6-8-10-13-48-14-12-15-56-63(48)68(85)79(67(56)84)59-24-25-62(81)74-66(59)83/h12,14-23,27,31,39-41,44,46,59,72H,3-9,11,24-26,28-30,32-38,42-43,45H2,1-2H3,(H,71,73)(H,75,82)(H,74,81,83). The van der Waals surface area contributed by atoms with Crippen LogP contribution in [0.3, 0.4) is 0 Å². The van der Waals surface area contributed by atoms with Crippen LogP contribution in [0.4, 0.5) is 17.1 Å². The molecule has 0 saturated carbocycles. The van der Waals surface area contributed by atoms with Gasteiger partial charge in [-0.15, -0.1) is 0 Å². The SMILES string of the molecule is CC1(C)CCC(CN2CCN(c3ccc(C(=O)NS(=O)(=O)c4ccc(NCC5CCN(CCCCCCCCCC#Cc6cccc7c6C(=O)N(C6CCC(=O)NC6=O)C7=O)CC5)c([N+](=O)[O-])c4)c(Oc4cnc5[nH]ccc5c4)c3)CC2)=C(c2ccc(Cl)cc2)C1. The van der Waals surface area contributed by atoms with E-state index in [4.69, 9.17) is 16.3 Å². The van der Waals surface area contributed by atoms with Gasteiger partial charge in [-0.05, 0) is 154 Å². The van der Waals surface area contributed by atoms with Crippen molar-refractivity contribution in [3.05, 3.63) is 152 Å². The van der Waals surface area contributed by atoms with Crippen molar-refractivity contribution in [3.8, 4) is 23.3 Å². The molecular weight excluding hydrogens is 1200 g/mol. The van der Waals surface area contributed by atoms with Crippen molar-refractivity contribution in [1.29, 1.82) is 0 Å². The molecule has 5 amide bonds. The van der Waals surface area contributed by atoms with Gasteiger partial charge in [0, 0.05) is 92.1 Å². The lowest BCUT2D eigenvalue weighted by Gasteiger charge is -2.39. The van der Waals surface area contributed by atoms with E-state index in [2.05, 4.69) is 77.8 Å². The first-order valence-corrected chi connectivity index (χ1v) is 33.6. The van der Waals surface area contributed by atoms with Crippen LogP contribution in [0, 0.1) is 33.3 Å². The molecule has 6 aromatic rings. The highest BCUT2D eigenvalue weighted by Crippen LogP contribution is 2.44. The van der Waals surface area contributed by atoms with Gasteiger partial charge >= 0.3 is 0 Å². The summed E-state index contributed by atoms with van der Waals surface area (Å²) in [6, 6.07) is 24.4. The summed E-state index contributed by atoms with van der Waals surface area (Å²) in [5.41, 5.74) is 6.34. The molecule has 22 heteroatoms. The number of nitro groups is 1. The Morgan fingerprint density at radius 1 is 0.846 bits per heavy atom. The summed E-state index contributed by atoms with van der Waals surface area (Å²) in [5.74, 6) is 3.82. The van der Waals surface area contributed by atoms with Crippen LogP contribution in [-0.4, -0.2) is 132 Å². The van der Waals surface area contributed by atoms with Gasteiger partial charge in [0.05, 0.1) is 32.7 Å². The summed E-state index contributed by atoms with van der Waals surface area (Å²) in [4.78, 5) is 91.9. The van der Waals surface area contributed by atoms with Crippen LogP contribution in [0.15, 0.2) is 114 Å². The Labute approximate surface area is 535 Å². The van der Waals surface area contributed by atoms with E-state index in [1.54, 1.807) is 48.7 Å². The number of hydrogen-bond acceptors (Lipinski definition) is 15. The number of carbonyl (C=O) groups excluding carboxylic acids is 5. The Bertz CT molecular complexity index is 3970. The van der Waals surface area contributed by atoms with Crippen LogP contribution in [-0.2, 0) is 19.6 Å². The fraction of sp³-hybridized carbons (Fsp3) is 0.420. The number of halogens is 1. The summed E-state index contributed by atoms with van der Waals surface area (Å²) in [6.45, 7) is 11.9. The molecule has 4 N–H and O–H groups in total. The maximum atomic E-state index is 14.2. The maximum absolute atomic E-state index is 14.2. The van der Waals surface area contributed by atoms with E-state index in [-0.39, 0.29) is 52.3 Å². The molecule has 3 saturated heterocycles. The first kappa shape index (κ1) is 64.1. The van der Waals surface area contributed by atoms with Crippen molar-refractivity contribution in [2.24, 2.45) is 11.3 Å². The number of aromatic nitrogens is 2. The van der Waals surface area contributed by atoms with Gasteiger partial charge in [-0.2, -0.15) is 0 Å². The van der Waals surface area contributed by atoms with Crippen LogP contribution < -0.4 is 25.0 Å². The molecule has 2 aromatic heterocycles. The Morgan fingerprint density at radius 2 is 1.60 bits per heavy atom. The highest BCUT2D eigenvalue weighted by atomic mass is 35.5. The first-order valence-electron chi connectivity index (χ1n) is 31.7. The van der Waals surface area contributed by atoms with Gasteiger partial charge < -0.3 is 24.8 Å². The Balaban J connectivity index is 0.626. The van der Waals surface area contributed by atoms with Crippen molar-refractivity contribution >= 4 is 84.8 Å². The number of piperidine rings is 2. The number of benzene rings is 4. The van der Waals surface area contributed by atoms with E-state index in [1.165, 1.54) is 35.0 Å². The minimum Gasteiger partial charge on any atom is -0.455 e. The molecule has 91 heavy (non-hydrogen) atoms. The number of piperazine rings is 1. The lowest BCUT2D eigenvalue weighted by molar-refractivity contribution is -0.384. The number of nitro benzene ring substituents is 1. The molecule has 4 aromatic carbocycles. The van der Waals surface area contributed by atoms with Gasteiger partial charge in [-0.3, -0.25) is 49.2 Å². The summed E-state index contributed by atoms with van der Waals surface area (Å²) in [5, 5.41) is 19.4. The van der Waals surface area contributed by atoms with Gasteiger partial charge in [0.1, 0.15) is 28.9 Å². The maximum Gasteiger partial charge on any atom is 0.293 e. The third kappa shape index (κ3) is 15.5. The van der Waals surface area contributed by atoms with E-state index < -0.39 is 61.1 Å². The van der Waals surface area contributed by atoms with Crippen LogP contribution >= 0.6 is 11.6 Å². The molecular formula is C69H77ClN10O10S. The molecule has 476 valence electrons. The van der Waals surface area contributed by atoms with Gasteiger partial charge in [0.15, 0.2) is 0 Å². The number of nitrogens with one attached hydrogen (secondary N) is 4. The Hall–Kier alpha value is -8.42. The van der Waals surface area contributed by atoms with Gasteiger partial charge in [-0.25, -0.2) is 18.1 Å².